The van der Waals surface area contributed by atoms with E-state index in [1.54, 1.807) is 0 Å². The number of benzene rings is 2. The second-order valence-corrected chi connectivity index (χ2v) is 6.40. The molecule has 0 amide bonds. The maximum Gasteiger partial charge on any atom is 0.258 e. The molecule has 4 heteroatoms. The van der Waals surface area contributed by atoms with E-state index < -0.39 is 0 Å². The maximum absolute atomic E-state index is 4.67. The van der Waals surface area contributed by atoms with Gasteiger partial charge in [0.05, 0.1) is 5.56 Å². The molecule has 0 spiro atoms. The van der Waals surface area contributed by atoms with Crippen molar-refractivity contribution in [3.63, 3.8) is 0 Å². The fourth-order valence-electron chi connectivity index (χ4n) is 3.38. The quantitative estimate of drug-likeness (QED) is 0.698. The number of anilines is 1. The molecular formula is C19H21N4+. The predicted octanol–water partition coefficient (Wildman–Crippen LogP) is 3.56. The maximum atomic E-state index is 4.67. The van der Waals surface area contributed by atoms with E-state index in [1.165, 1.54) is 28.1 Å². The standard InChI is InChI=1S/C19H20N4/c1-13(2)23-19-15-9-5-4-8-14(15)12-22(3)17-11-7-6-10-16(17)18(19)20-21-23/h4-11,13H,12H2,1-3H3/p+1. The number of fused-ring (bicyclic) bond motifs is 5. The summed E-state index contributed by atoms with van der Waals surface area (Å²) in [6.07, 6.45) is 0. The number of aromatic nitrogens is 3. The first-order valence-electron chi connectivity index (χ1n) is 8.05. The van der Waals surface area contributed by atoms with E-state index in [1.807, 2.05) is 0 Å². The van der Waals surface area contributed by atoms with Gasteiger partial charge in [-0.1, -0.05) is 41.6 Å². The number of hydrogen-bond acceptors (Lipinski definition) is 2. The molecule has 116 valence electrons. The third-order valence-corrected chi connectivity index (χ3v) is 4.50. The monoisotopic (exact) mass is 305 g/mol. The van der Waals surface area contributed by atoms with Crippen molar-refractivity contribution in [3.8, 4) is 22.5 Å². The van der Waals surface area contributed by atoms with Gasteiger partial charge < -0.3 is 4.90 Å². The van der Waals surface area contributed by atoms with E-state index in [-0.39, 0.29) is 0 Å². The predicted molar refractivity (Wildman–Crippen MR) is 92.1 cm³/mol. The van der Waals surface area contributed by atoms with Crippen molar-refractivity contribution in [2.75, 3.05) is 11.9 Å². The molecule has 0 unspecified atom stereocenters. The zero-order valence-electron chi connectivity index (χ0n) is 13.7. The lowest BCUT2D eigenvalue weighted by molar-refractivity contribution is -0.761. The van der Waals surface area contributed by atoms with Crippen molar-refractivity contribution in [2.24, 2.45) is 0 Å². The van der Waals surface area contributed by atoms with Crippen LogP contribution in [0.15, 0.2) is 48.5 Å². The van der Waals surface area contributed by atoms with Crippen LogP contribution in [-0.2, 0) is 6.54 Å². The molecule has 1 aliphatic heterocycles. The smallest absolute Gasteiger partial charge is 0.258 e. The van der Waals surface area contributed by atoms with Crippen LogP contribution in [0.2, 0.25) is 0 Å². The third-order valence-electron chi connectivity index (χ3n) is 4.50. The van der Waals surface area contributed by atoms with Crippen molar-refractivity contribution in [1.82, 2.24) is 10.3 Å². The molecule has 0 fully saturated rings. The Bertz CT molecular complexity index is 863. The van der Waals surface area contributed by atoms with E-state index >= 15 is 0 Å². The van der Waals surface area contributed by atoms with Crippen molar-refractivity contribution >= 4 is 5.69 Å². The molecule has 0 saturated heterocycles. The van der Waals surface area contributed by atoms with Crippen molar-refractivity contribution in [3.05, 3.63) is 54.1 Å². The molecule has 2 aromatic carbocycles. The highest BCUT2D eigenvalue weighted by molar-refractivity contribution is 5.86. The molecule has 23 heavy (non-hydrogen) atoms. The van der Waals surface area contributed by atoms with Crippen molar-refractivity contribution in [2.45, 2.75) is 26.4 Å². The van der Waals surface area contributed by atoms with E-state index in [2.05, 4.69) is 89.3 Å². The Balaban J connectivity index is 2.10. The average molecular weight is 305 g/mol. The van der Waals surface area contributed by atoms with Gasteiger partial charge >= 0.3 is 0 Å². The summed E-state index contributed by atoms with van der Waals surface area (Å²) >= 11 is 0. The summed E-state index contributed by atoms with van der Waals surface area (Å²) in [5, 5.41) is 7.88. The normalized spacial score (nSPS) is 13.1. The number of hydrogen-bond donors (Lipinski definition) is 1. The van der Waals surface area contributed by atoms with Gasteiger partial charge in [-0.05, 0) is 31.5 Å². The minimum absolute atomic E-state index is 0.323. The Morgan fingerprint density at radius 3 is 2.52 bits per heavy atom. The van der Waals surface area contributed by atoms with Gasteiger partial charge in [-0.3, -0.25) is 0 Å². The topological polar surface area (TPSA) is 35.8 Å². The lowest BCUT2D eigenvalue weighted by Crippen LogP contribution is -2.40. The second kappa shape index (κ2) is 5.23. The van der Waals surface area contributed by atoms with Crippen molar-refractivity contribution < 1.29 is 4.68 Å². The van der Waals surface area contributed by atoms with E-state index in [9.17, 15) is 0 Å². The van der Waals surface area contributed by atoms with Gasteiger partial charge in [0.1, 0.15) is 6.04 Å². The first kappa shape index (κ1) is 14.0. The Labute approximate surface area is 136 Å². The van der Waals surface area contributed by atoms with E-state index in [0.29, 0.717) is 6.04 Å². The van der Waals surface area contributed by atoms with E-state index in [0.717, 1.165) is 12.2 Å². The zero-order chi connectivity index (χ0) is 16.0. The zero-order valence-corrected chi connectivity index (χ0v) is 13.7. The molecular weight excluding hydrogens is 284 g/mol. The van der Waals surface area contributed by atoms with Crippen molar-refractivity contribution in [1.29, 1.82) is 0 Å². The van der Waals surface area contributed by atoms with Gasteiger partial charge in [0, 0.05) is 29.9 Å². The summed E-state index contributed by atoms with van der Waals surface area (Å²) in [5.74, 6) is 0. The fourth-order valence-corrected chi connectivity index (χ4v) is 3.38. The summed E-state index contributed by atoms with van der Waals surface area (Å²) in [7, 11) is 2.14. The number of rotatable bonds is 1. The number of para-hydroxylation sites is 1. The molecule has 2 heterocycles. The molecule has 1 aliphatic rings. The summed E-state index contributed by atoms with van der Waals surface area (Å²) in [4.78, 5) is 2.30. The van der Waals surface area contributed by atoms with Crippen LogP contribution in [0.25, 0.3) is 22.5 Å². The lowest BCUT2D eigenvalue weighted by atomic mass is 9.96. The van der Waals surface area contributed by atoms with Gasteiger partial charge in [-0.15, -0.1) is 0 Å². The van der Waals surface area contributed by atoms with Gasteiger partial charge in [0.15, 0.2) is 0 Å². The molecule has 0 saturated carbocycles. The van der Waals surface area contributed by atoms with Crippen LogP contribution < -0.4 is 9.58 Å². The second-order valence-electron chi connectivity index (χ2n) is 6.40. The SMILES string of the molecule is CC(C)[n+]1[nH]nc2c1-c1ccccc1CN(C)c1ccccc1-2. The van der Waals surface area contributed by atoms with Crippen LogP contribution in [0.4, 0.5) is 5.69 Å². The molecule has 1 N–H and O–H groups in total. The Morgan fingerprint density at radius 1 is 1.04 bits per heavy atom. The third kappa shape index (κ3) is 2.13. The molecule has 0 aliphatic carbocycles. The van der Waals surface area contributed by atoms with Gasteiger partial charge in [-0.2, -0.15) is 4.68 Å². The van der Waals surface area contributed by atoms with Crippen LogP contribution >= 0.6 is 0 Å². The molecule has 0 atom stereocenters. The molecule has 4 rings (SSSR count). The van der Waals surface area contributed by atoms with Crippen LogP contribution in [0.1, 0.15) is 25.5 Å². The van der Waals surface area contributed by atoms with Crippen LogP contribution in [0.5, 0.6) is 0 Å². The summed E-state index contributed by atoms with van der Waals surface area (Å²) in [6.45, 7) is 5.24. The highest BCUT2D eigenvalue weighted by Crippen LogP contribution is 2.38. The minimum Gasteiger partial charge on any atom is -0.370 e. The van der Waals surface area contributed by atoms with Gasteiger partial charge in [0.2, 0.25) is 5.69 Å². The summed E-state index contributed by atoms with van der Waals surface area (Å²) in [5.41, 5.74) is 7.16. The summed E-state index contributed by atoms with van der Waals surface area (Å²) < 4.78 is 2.16. The molecule has 0 radical (unpaired) electrons. The highest BCUT2D eigenvalue weighted by Gasteiger charge is 2.31. The summed E-state index contributed by atoms with van der Waals surface area (Å²) in [6, 6.07) is 17.4. The number of aromatic amines is 1. The Hall–Kier alpha value is -2.62. The number of nitrogens with one attached hydrogen (secondary N) is 1. The van der Waals surface area contributed by atoms with Crippen LogP contribution in [0, 0.1) is 0 Å². The van der Waals surface area contributed by atoms with Gasteiger partial charge in [-0.25, -0.2) is 0 Å². The lowest BCUT2D eigenvalue weighted by Gasteiger charge is -2.24. The first-order valence-corrected chi connectivity index (χ1v) is 8.05. The van der Waals surface area contributed by atoms with Crippen LogP contribution in [0.3, 0.4) is 0 Å². The Kier molecular flexibility index (Phi) is 3.18. The van der Waals surface area contributed by atoms with Gasteiger partial charge in [0.25, 0.3) is 5.69 Å². The molecule has 3 aromatic rings. The molecule has 4 nitrogen and oxygen atoms in total. The molecule has 0 bridgehead atoms. The van der Waals surface area contributed by atoms with E-state index in [4.69, 9.17) is 0 Å². The average Bonchev–Trinajstić information content (AvgIpc) is 2.99. The minimum atomic E-state index is 0.323. The Morgan fingerprint density at radius 2 is 1.74 bits per heavy atom. The number of nitrogens with zero attached hydrogens (tertiary/aromatic N) is 3. The van der Waals surface area contributed by atoms with Crippen LogP contribution in [-0.4, -0.2) is 17.4 Å². The highest BCUT2D eigenvalue weighted by atomic mass is 15.4. The fraction of sp³-hybridized carbons (Fsp3) is 0.263. The largest absolute Gasteiger partial charge is 0.370 e. The first-order chi connectivity index (χ1) is 11.2. The molecule has 1 aromatic heterocycles. The number of H-pyrrole nitrogens is 1.